The van der Waals surface area contributed by atoms with Crippen molar-refractivity contribution in [2.75, 3.05) is 5.32 Å². The van der Waals surface area contributed by atoms with E-state index in [0.717, 1.165) is 27.9 Å². The maximum Gasteiger partial charge on any atom is 0.235 e. The van der Waals surface area contributed by atoms with Crippen LogP contribution in [-0.4, -0.2) is 41.3 Å². The first kappa shape index (κ1) is 26.4. The zero-order chi connectivity index (χ0) is 27.0. The molecule has 3 aromatic heterocycles. The molecule has 0 fully saturated rings. The average Bonchev–Trinajstić information content (AvgIpc) is 3.34. The molecule has 5 rings (SSSR count). The van der Waals surface area contributed by atoms with Crippen LogP contribution in [0.4, 0.5) is 5.82 Å². The molecular weight excluding hydrogens is 464 g/mol. The highest BCUT2D eigenvalue weighted by Gasteiger charge is 2.42. The van der Waals surface area contributed by atoms with Crippen molar-refractivity contribution in [3.05, 3.63) is 65.0 Å². The first-order chi connectivity index (χ1) is 17.5. The van der Waals surface area contributed by atoms with Crippen LogP contribution in [0.15, 0.2) is 42.6 Å². The van der Waals surface area contributed by atoms with E-state index in [0.29, 0.717) is 36.7 Å². The SMILES string of the molecule is CC.Cc1ccccc1Cn1nc(-c2nc(CCC(C)(C)O)c3c(n2)NC(=O)C3(C)C)c2cccnc21. The number of rotatable bonds is 6. The Kier molecular flexibility index (Phi) is 7.15. The molecule has 0 saturated carbocycles. The standard InChI is InChI=1S/C27H30N6O2.C2H6/c1-16-9-6-7-10-17(16)15-33-24-18(11-8-14-28-24)21(32-33)23-29-19(12-13-26(2,3)35)20-22(30-23)31-25(34)27(20,4)5;1-2/h6-11,14,35H,12-13,15H2,1-5H3,(H,29,30,31,34);1-2H3. The van der Waals surface area contributed by atoms with E-state index >= 15 is 0 Å². The number of aliphatic hydroxyl groups is 1. The summed E-state index contributed by atoms with van der Waals surface area (Å²) in [6, 6.07) is 12.0. The second-order valence-corrected chi connectivity index (χ2v) is 10.4. The van der Waals surface area contributed by atoms with Crippen molar-refractivity contribution in [3.8, 4) is 11.5 Å². The van der Waals surface area contributed by atoms with Gasteiger partial charge in [-0.25, -0.2) is 19.6 Å². The summed E-state index contributed by atoms with van der Waals surface area (Å²) in [6.45, 7) is 14.0. The van der Waals surface area contributed by atoms with Crippen molar-refractivity contribution in [1.29, 1.82) is 0 Å². The van der Waals surface area contributed by atoms with Gasteiger partial charge in [0.05, 0.1) is 28.6 Å². The highest BCUT2D eigenvalue weighted by molar-refractivity contribution is 6.05. The fraction of sp³-hybridized carbons (Fsp3) is 0.414. The van der Waals surface area contributed by atoms with Gasteiger partial charge in [-0.2, -0.15) is 5.10 Å². The number of fused-ring (bicyclic) bond motifs is 2. The van der Waals surface area contributed by atoms with Crippen LogP contribution < -0.4 is 5.32 Å². The summed E-state index contributed by atoms with van der Waals surface area (Å²) in [7, 11) is 0. The number of benzene rings is 1. The Morgan fingerprint density at radius 3 is 2.51 bits per heavy atom. The maximum absolute atomic E-state index is 12.7. The number of hydrogen-bond donors (Lipinski definition) is 2. The van der Waals surface area contributed by atoms with Crippen molar-refractivity contribution in [1.82, 2.24) is 24.7 Å². The van der Waals surface area contributed by atoms with E-state index in [1.165, 1.54) is 5.56 Å². The van der Waals surface area contributed by atoms with Gasteiger partial charge in [0.1, 0.15) is 11.5 Å². The molecule has 37 heavy (non-hydrogen) atoms. The lowest BCUT2D eigenvalue weighted by Crippen LogP contribution is -2.28. The number of amides is 1. The van der Waals surface area contributed by atoms with E-state index < -0.39 is 11.0 Å². The molecular formula is C29H36N6O2. The number of carbonyl (C=O) groups is 1. The molecule has 0 radical (unpaired) electrons. The van der Waals surface area contributed by atoms with Gasteiger partial charge in [0.25, 0.3) is 0 Å². The van der Waals surface area contributed by atoms with Gasteiger partial charge in [0.15, 0.2) is 11.5 Å². The molecule has 194 valence electrons. The van der Waals surface area contributed by atoms with Crippen molar-refractivity contribution >= 4 is 22.8 Å². The fourth-order valence-corrected chi connectivity index (χ4v) is 4.58. The number of carbonyl (C=O) groups excluding carboxylic acids is 1. The second kappa shape index (κ2) is 10.0. The van der Waals surface area contributed by atoms with E-state index in [9.17, 15) is 9.90 Å². The lowest BCUT2D eigenvalue weighted by Gasteiger charge is -2.21. The Morgan fingerprint density at radius 1 is 1.08 bits per heavy atom. The van der Waals surface area contributed by atoms with Crippen LogP contribution in [0, 0.1) is 6.92 Å². The summed E-state index contributed by atoms with van der Waals surface area (Å²) in [6.07, 6.45) is 2.77. The van der Waals surface area contributed by atoms with Gasteiger partial charge in [-0.3, -0.25) is 4.79 Å². The van der Waals surface area contributed by atoms with Gasteiger partial charge >= 0.3 is 0 Å². The number of pyridine rings is 1. The summed E-state index contributed by atoms with van der Waals surface area (Å²) in [4.78, 5) is 27.0. The molecule has 8 heteroatoms. The quantitative estimate of drug-likeness (QED) is 0.377. The van der Waals surface area contributed by atoms with E-state index in [1.54, 1.807) is 20.0 Å². The molecule has 2 N–H and O–H groups in total. The highest BCUT2D eigenvalue weighted by atomic mass is 16.3. The smallest absolute Gasteiger partial charge is 0.235 e. The maximum atomic E-state index is 12.7. The van der Waals surface area contributed by atoms with Gasteiger partial charge in [-0.05, 0) is 70.7 Å². The normalized spacial score (nSPS) is 14.2. The van der Waals surface area contributed by atoms with E-state index in [1.807, 2.05) is 56.6 Å². The summed E-state index contributed by atoms with van der Waals surface area (Å²) in [5, 5.41) is 19.0. The van der Waals surface area contributed by atoms with Gasteiger partial charge in [-0.1, -0.05) is 38.1 Å². The van der Waals surface area contributed by atoms with Crippen LogP contribution in [0.2, 0.25) is 0 Å². The first-order valence-corrected chi connectivity index (χ1v) is 12.9. The van der Waals surface area contributed by atoms with Crippen LogP contribution in [0.3, 0.4) is 0 Å². The number of anilines is 1. The minimum Gasteiger partial charge on any atom is -0.390 e. The lowest BCUT2D eigenvalue weighted by atomic mass is 9.84. The number of aryl methyl sites for hydroxylation is 2. The predicted octanol–water partition coefficient (Wildman–Crippen LogP) is 5.20. The van der Waals surface area contributed by atoms with Crippen LogP contribution in [0.1, 0.15) is 70.3 Å². The predicted molar refractivity (Wildman–Crippen MR) is 146 cm³/mol. The average molecular weight is 501 g/mol. The zero-order valence-corrected chi connectivity index (χ0v) is 22.8. The van der Waals surface area contributed by atoms with E-state index in [2.05, 4.69) is 29.4 Å². The topological polar surface area (TPSA) is 106 Å². The number of nitrogens with zero attached hydrogens (tertiary/aromatic N) is 5. The molecule has 0 spiro atoms. The lowest BCUT2D eigenvalue weighted by molar-refractivity contribution is -0.119. The Hall–Kier alpha value is -3.65. The highest BCUT2D eigenvalue weighted by Crippen LogP contribution is 2.40. The van der Waals surface area contributed by atoms with Crippen molar-refractivity contribution < 1.29 is 9.90 Å². The van der Waals surface area contributed by atoms with Crippen molar-refractivity contribution in [2.24, 2.45) is 0 Å². The van der Waals surface area contributed by atoms with Gasteiger partial charge in [-0.15, -0.1) is 0 Å². The number of hydrogen-bond acceptors (Lipinski definition) is 6. The van der Waals surface area contributed by atoms with Gasteiger partial charge in [0, 0.05) is 11.8 Å². The third-order valence-corrected chi connectivity index (χ3v) is 6.68. The third-order valence-electron chi connectivity index (χ3n) is 6.68. The Labute approximate surface area is 218 Å². The monoisotopic (exact) mass is 500 g/mol. The second-order valence-electron chi connectivity index (χ2n) is 10.4. The summed E-state index contributed by atoms with van der Waals surface area (Å²) in [5.41, 5.74) is 3.63. The van der Waals surface area contributed by atoms with Crippen LogP contribution in [-0.2, 0) is 23.2 Å². The summed E-state index contributed by atoms with van der Waals surface area (Å²) in [5.74, 6) is 0.843. The molecule has 8 nitrogen and oxygen atoms in total. The largest absolute Gasteiger partial charge is 0.390 e. The molecule has 0 atom stereocenters. The first-order valence-electron chi connectivity index (χ1n) is 12.9. The van der Waals surface area contributed by atoms with Crippen molar-refractivity contribution in [3.63, 3.8) is 0 Å². The number of aromatic nitrogens is 5. The summed E-state index contributed by atoms with van der Waals surface area (Å²) < 4.78 is 1.88. The molecule has 1 amide bonds. The van der Waals surface area contributed by atoms with E-state index in [-0.39, 0.29) is 5.91 Å². The van der Waals surface area contributed by atoms with Gasteiger partial charge in [0.2, 0.25) is 5.91 Å². The fourth-order valence-electron chi connectivity index (χ4n) is 4.58. The van der Waals surface area contributed by atoms with Crippen LogP contribution >= 0.6 is 0 Å². The Morgan fingerprint density at radius 2 is 1.81 bits per heavy atom. The van der Waals surface area contributed by atoms with Gasteiger partial charge < -0.3 is 10.4 Å². The molecule has 4 heterocycles. The molecule has 1 aliphatic heterocycles. The molecule has 0 saturated heterocycles. The molecule has 4 aromatic rings. The van der Waals surface area contributed by atoms with Crippen LogP contribution in [0.25, 0.3) is 22.6 Å². The van der Waals surface area contributed by atoms with Crippen molar-refractivity contribution in [2.45, 2.75) is 78.9 Å². The molecule has 0 unspecified atom stereocenters. The Balaban J connectivity index is 0.00000156. The summed E-state index contributed by atoms with van der Waals surface area (Å²) >= 11 is 0. The van der Waals surface area contributed by atoms with E-state index in [4.69, 9.17) is 15.1 Å². The number of nitrogens with one attached hydrogen (secondary N) is 1. The minimum absolute atomic E-state index is 0.111. The van der Waals surface area contributed by atoms with Crippen LogP contribution in [0.5, 0.6) is 0 Å². The molecule has 1 aliphatic rings. The third kappa shape index (κ3) is 5.11. The zero-order valence-electron chi connectivity index (χ0n) is 22.8. The molecule has 1 aromatic carbocycles. The molecule has 0 bridgehead atoms. The Bertz CT molecular complexity index is 1450. The molecule has 0 aliphatic carbocycles. The minimum atomic E-state index is -0.857.